The topological polar surface area (TPSA) is 89.5 Å². The van der Waals surface area contributed by atoms with Gasteiger partial charge in [-0.2, -0.15) is 8.42 Å². The molecule has 0 bridgehead atoms. The Morgan fingerprint density at radius 3 is 2.20 bits per heavy atom. The molecule has 1 rings (SSSR count). The maximum absolute atomic E-state index is 12.6. The molecule has 0 fully saturated rings. The molecule has 0 saturated heterocycles. The van der Waals surface area contributed by atoms with Crippen LogP contribution >= 0.6 is 0 Å². The molecule has 25 heavy (non-hydrogen) atoms. The molecule has 6 nitrogen and oxygen atoms in total. The average molecular weight is 390 g/mol. The van der Waals surface area contributed by atoms with Gasteiger partial charge in [-0.05, 0) is 43.9 Å². The van der Waals surface area contributed by atoms with Gasteiger partial charge in [-0.1, -0.05) is 37.6 Å². The van der Waals surface area contributed by atoms with Crippen LogP contribution in [0.4, 0.5) is 0 Å². The van der Waals surface area contributed by atoms with Gasteiger partial charge in [0.2, 0.25) is 10.0 Å². The van der Waals surface area contributed by atoms with Gasteiger partial charge in [0.15, 0.2) is 0 Å². The zero-order valence-corrected chi connectivity index (χ0v) is 16.9. The number of hydrogen-bond acceptors (Lipinski definition) is 5. The maximum atomic E-state index is 12.6. The number of benzene rings is 1. The summed E-state index contributed by atoms with van der Waals surface area (Å²) in [5, 5.41) is 0. The number of rotatable bonds is 9. The monoisotopic (exact) mass is 389 g/mol. The summed E-state index contributed by atoms with van der Waals surface area (Å²) >= 11 is 0. The van der Waals surface area contributed by atoms with Gasteiger partial charge in [0.25, 0.3) is 10.1 Å². The van der Waals surface area contributed by atoms with Crippen molar-refractivity contribution in [3.05, 3.63) is 41.5 Å². The van der Waals surface area contributed by atoms with E-state index in [-0.39, 0.29) is 17.4 Å². The van der Waals surface area contributed by atoms with E-state index in [4.69, 9.17) is 4.18 Å². The normalized spacial score (nSPS) is 14.7. The van der Waals surface area contributed by atoms with E-state index >= 15 is 0 Å². The average Bonchev–Trinajstić information content (AvgIpc) is 2.43. The Bertz CT molecular complexity index is 794. The smallest absolute Gasteiger partial charge is 0.264 e. The van der Waals surface area contributed by atoms with Crippen molar-refractivity contribution in [1.82, 2.24) is 4.72 Å². The standard InChI is InChI=1S/C17H27NO5S2/c1-13(2)10-16(11-15(4)12-23-24(5,19)20)18-25(21,22)17-8-6-14(3)7-9-17/h6-9,11,13,16,18H,10,12H2,1-5H3/b15-11+. The lowest BCUT2D eigenvalue weighted by Crippen LogP contribution is -2.34. The zero-order valence-electron chi connectivity index (χ0n) is 15.3. The van der Waals surface area contributed by atoms with Crippen molar-refractivity contribution in [2.24, 2.45) is 5.92 Å². The van der Waals surface area contributed by atoms with Gasteiger partial charge in [-0.25, -0.2) is 13.1 Å². The molecule has 0 amide bonds. The second kappa shape index (κ2) is 8.93. The Balaban J connectivity index is 2.96. The minimum atomic E-state index is -3.66. The molecule has 0 heterocycles. The summed E-state index contributed by atoms with van der Waals surface area (Å²) in [4.78, 5) is 0.199. The third kappa shape index (κ3) is 8.62. The summed E-state index contributed by atoms with van der Waals surface area (Å²) in [5.41, 5.74) is 1.62. The molecule has 0 aliphatic rings. The van der Waals surface area contributed by atoms with E-state index in [1.54, 1.807) is 37.3 Å². The largest absolute Gasteiger partial charge is 0.266 e. The first-order valence-electron chi connectivity index (χ1n) is 8.00. The highest BCUT2D eigenvalue weighted by atomic mass is 32.2. The fourth-order valence-electron chi connectivity index (χ4n) is 2.23. The highest BCUT2D eigenvalue weighted by molar-refractivity contribution is 7.89. The lowest BCUT2D eigenvalue weighted by molar-refractivity contribution is 0.351. The number of aryl methyl sites for hydroxylation is 1. The number of nitrogens with one attached hydrogen (secondary N) is 1. The molecule has 0 saturated carbocycles. The van der Waals surface area contributed by atoms with Crippen molar-refractivity contribution in [3.8, 4) is 0 Å². The maximum Gasteiger partial charge on any atom is 0.264 e. The molecule has 1 aromatic rings. The van der Waals surface area contributed by atoms with E-state index in [2.05, 4.69) is 4.72 Å². The van der Waals surface area contributed by atoms with Crippen molar-refractivity contribution < 1.29 is 21.0 Å². The minimum absolute atomic E-state index is 0.0975. The molecule has 1 aromatic carbocycles. The molecule has 142 valence electrons. The summed E-state index contributed by atoms with van der Waals surface area (Å²) in [5.74, 6) is 0.255. The van der Waals surface area contributed by atoms with E-state index < -0.39 is 26.2 Å². The Labute approximate surface area is 151 Å². The van der Waals surface area contributed by atoms with Crippen molar-refractivity contribution in [3.63, 3.8) is 0 Å². The van der Waals surface area contributed by atoms with E-state index in [0.717, 1.165) is 11.8 Å². The molecular weight excluding hydrogens is 362 g/mol. The minimum Gasteiger partial charge on any atom is -0.266 e. The zero-order chi connectivity index (χ0) is 19.3. The van der Waals surface area contributed by atoms with Crippen LogP contribution in [-0.4, -0.2) is 35.7 Å². The predicted molar refractivity (Wildman–Crippen MR) is 99.3 cm³/mol. The van der Waals surface area contributed by atoms with Crippen LogP contribution in [0.1, 0.15) is 32.8 Å². The quantitative estimate of drug-likeness (QED) is 0.518. The molecule has 0 spiro atoms. The molecule has 0 aliphatic carbocycles. The van der Waals surface area contributed by atoms with Crippen LogP contribution in [0.5, 0.6) is 0 Å². The van der Waals surface area contributed by atoms with Gasteiger partial charge >= 0.3 is 0 Å². The summed E-state index contributed by atoms with van der Waals surface area (Å²) in [6.45, 7) is 7.48. The van der Waals surface area contributed by atoms with Crippen LogP contribution in [0.15, 0.2) is 40.8 Å². The SMILES string of the molecule is C/C(=C\C(CC(C)C)NS(=O)(=O)c1ccc(C)cc1)COS(C)(=O)=O. The fourth-order valence-corrected chi connectivity index (χ4v) is 3.83. The first kappa shape index (κ1) is 21.8. The van der Waals surface area contributed by atoms with Gasteiger partial charge < -0.3 is 0 Å². The van der Waals surface area contributed by atoms with Gasteiger partial charge in [-0.15, -0.1) is 0 Å². The molecular formula is C17H27NO5S2. The van der Waals surface area contributed by atoms with Crippen LogP contribution in [-0.2, 0) is 24.3 Å². The second-order valence-electron chi connectivity index (χ2n) is 6.65. The molecule has 0 aliphatic heterocycles. The van der Waals surface area contributed by atoms with Crippen LogP contribution in [0.3, 0.4) is 0 Å². The van der Waals surface area contributed by atoms with Crippen LogP contribution in [0.2, 0.25) is 0 Å². The molecule has 0 aromatic heterocycles. The Kier molecular flexibility index (Phi) is 7.80. The summed E-state index contributed by atoms with van der Waals surface area (Å²) in [6.07, 6.45) is 3.27. The fraction of sp³-hybridized carbons (Fsp3) is 0.529. The second-order valence-corrected chi connectivity index (χ2v) is 10.0. The van der Waals surface area contributed by atoms with E-state index in [0.29, 0.717) is 12.0 Å². The van der Waals surface area contributed by atoms with Crippen LogP contribution < -0.4 is 4.72 Å². The Morgan fingerprint density at radius 2 is 1.72 bits per heavy atom. The van der Waals surface area contributed by atoms with Crippen molar-refractivity contribution in [2.45, 2.75) is 45.1 Å². The highest BCUT2D eigenvalue weighted by Crippen LogP contribution is 2.15. The Hall–Kier alpha value is -1.22. The third-order valence-corrected chi connectivity index (χ3v) is 5.40. The van der Waals surface area contributed by atoms with Crippen molar-refractivity contribution in [1.29, 1.82) is 0 Å². The van der Waals surface area contributed by atoms with Gasteiger partial charge in [0.1, 0.15) is 0 Å². The van der Waals surface area contributed by atoms with Crippen LogP contribution in [0.25, 0.3) is 0 Å². The lowest BCUT2D eigenvalue weighted by atomic mass is 10.0. The molecule has 1 unspecified atom stereocenters. The Morgan fingerprint density at radius 1 is 1.16 bits per heavy atom. The van der Waals surface area contributed by atoms with E-state index in [1.807, 2.05) is 20.8 Å². The summed E-state index contributed by atoms with van der Waals surface area (Å²) in [7, 11) is -7.20. The molecule has 0 radical (unpaired) electrons. The van der Waals surface area contributed by atoms with Crippen molar-refractivity contribution in [2.75, 3.05) is 12.9 Å². The lowest BCUT2D eigenvalue weighted by Gasteiger charge is -2.18. The summed E-state index contributed by atoms with van der Waals surface area (Å²) < 4.78 is 54.7. The van der Waals surface area contributed by atoms with Gasteiger partial charge in [0, 0.05) is 6.04 Å². The van der Waals surface area contributed by atoms with Gasteiger partial charge in [0.05, 0.1) is 17.8 Å². The first-order valence-corrected chi connectivity index (χ1v) is 11.3. The third-order valence-electron chi connectivity index (χ3n) is 3.35. The predicted octanol–water partition coefficient (Wildman–Crippen LogP) is 2.61. The molecule has 8 heteroatoms. The number of hydrogen-bond donors (Lipinski definition) is 1. The van der Waals surface area contributed by atoms with Gasteiger partial charge in [-0.3, -0.25) is 4.18 Å². The van der Waals surface area contributed by atoms with E-state index in [9.17, 15) is 16.8 Å². The summed E-state index contributed by atoms with van der Waals surface area (Å²) in [6, 6.07) is 6.16. The molecule has 1 atom stereocenters. The number of sulfonamides is 1. The van der Waals surface area contributed by atoms with Crippen molar-refractivity contribution >= 4 is 20.1 Å². The van der Waals surface area contributed by atoms with Crippen LogP contribution in [0, 0.1) is 12.8 Å². The van der Waals surface area contributed by atoms with E-state index in [1.165, 1.54) is 0 Å². The molecule has 1 N–H and O–H groups in total. The first-order chi connectivity index (χ1) is 11.4. The highest BCUT2D eigenvalue weighted by Gasteiger charge is 2.20.